The van der Waals surface area contributed by atoms with Crippen LogP contribution >= 0.6 is 0 Å². The molecule has 0 fully saturated rings. The molecular weight excluding hydrogens is 422 g/mol. The zero-order valence-electron chi connectivity index (χ0n) is 17.4. The standard InChI is InChI=1S/C21H20N2O5.H3NO3/c1-14-6-7-18-11-16(8-9-17(18)10-14)15(2)21(24)27-12-19-4-3-5-20(22-19)13-28-23(25)26;2-1-4-3/h3-11,15H,12-13H2,1-2H3;1-3H/t15-;/m0./s1. The molecule has 0 saturated carbocycles. The van der Waals surface area contributed by atoms with Crippen LogP contribution in [-0.4, -0.2) is 26.5 Å². The molecule has 2 aromatic carbocycles. The van der Waals surface area contributed by atoms with Crippen molar-refractivity contribution in [2.75, 3.05) is 0 Å². The number of rotatable bonds is 8. The normalized spacial score (nSPS) is 11.2. The molecule has 0 saturated heterocycles. The third-order valence-electron chi connectivity index (χ3n) is 4.46. The second kappa shape index (κ2) is 12.3. The number of ether oxygens (including phenoxy) is 1. The fraction of sp³-hybridized carbons (Fsp3) is 0.238. The molecule has 11 nitrogen and oxygen atoms in total. The van der Waals surface area contributed by atoms with Crippen LogP contribution in [0.15, 0.2) is 54.6 Å². The molecular formula is C21H23N3O8. The molecule has 0 radical (unpaired) electrons. The van der Waals surface area contributed by atoms with Gasteiger partial charge in [-0.05, 0) is 48.0 Å². The number of carbonyl (C=O) groups excluding carboxylic acids is 1. The summed E-state index contributed by atoms with van der Waals surface area (Å²) in [6.45, 7) is 3.58. The molecule has 0 aliphatic carbocycles. The highest BCUT2D eigenvalue weighted by Gasteiger charge is 2.17. The molecule has 0 unspecified atom stereocenters. The molecule has 3 rings (SSSR count). The highest BCUT2D eigenvalue weighted by molar-refractivity contribution is 5.86. The van der Waals surface area contributed by atoms with E-state index in [0.717, 1.165) is 22.0 Å². The van der Waals surface area contributed by atoms with Gasteiger partial charge in [0.05, 0.1) is 17.3 Å². The molecule has 3 N–H and O–H groups in total. The third-order valence-corrected chi connectivity index (χ3v) is 4.46. The van der Waals surface area contributed by atoms with E-state index < -0.39 is 11.0 Å². The number of nitrogens with zero attached hydrogens (tertiary/aromatic N) is 2. The van der Waals surface area contributed by atoms with Gasteiger partial charge in [0.25, 0.3) is 5.09 Å². The number of pyridine rings is 1. The summed E-state index contributed by atoms with van der Waals surface area (Å²) in [5.41, 5.74) is 3.94. The molecule has 0 amide bonds. The average molecular weight is 445 g/mol. The van der Waals surface area contributed by atoms with Crippen LogP contribution in [0.5, 0.6) is 0 Å². The molecule has 1 atom stereocenters. The summed E-state index contributed by atoms with van der Waals surface area (Å²) in [6.07, 6.45) is 0. The summed E-state index contributed by atoms with van der Waals surface area (Å²) in [7, 11) is 0. The first-order valence-corrected chi connectivity index (χ1v) is 9.42. The minimum absolute atomic E-state index is 0.0117. The molecule has 1 aromatic heterocycles. The van der Waals surface area contributed by atoms with Crippen LogP contribution in [-0.2, 0) is 32.6 Å². The van der Waals surface area contributed by atoms with Crippen LogP contribution in [0.3, 0.4) is 0 Å². The van der Waals surface area contributed by atoms with E-state index in [1.54, 1.807) is 25.1 Å². The molecule has 0 aliphatic heterocycles. The number of hydrogen-bond donors (Lipinski definition) is 3. The van der Waals surface area contributed by atoms with Gasteiger partial charge in [-0.25, -0.2) is 5.26 Å². The van der Waals surface area contributed by atoms with Gasteiger partial charge < -0.3 is 9.57 Å². The zero-order valence-corrected chi connectivity index (χ0v) is 17.4. The van der Waals surface area contributed by atoms with Crippen molar-refractivity contribution in [3.63, 3.8) is 0 Å². The van der Waals surface area contributed by atoms with Gasteiger partial charge in [0.15, 0.2) is 0 Å². The van der Waals surface area contributed by atoms with E-state index in [0.29, 0.717) is 11.4 Å². The van der Waals surface area contributed by atoms with Gasteiger partial charge in [-0.2, -0.15) is 0 Å². The number of aromatic nitrogens is 1. The molecule has 32 heavy (non-hydrogen) atoms. The lowest BCUT2D eigenvalue weighted by atomic mass is 9.97. The SMILES string of the molecule is Cc1ccc2cc([C@H](C)C(=O)OCc3cccc(CO[N+](=O)[O-])n3)ccc2c1.ONOO. The lowest BCUT2D eigenvalue weighted by molar-refractivity contribution is -0.763. The Hall–Kier alpha value is -3.64. The molecule has 0 aliphatic rings. The van der Waals surface area contributed by atoms with Crippen molar-refractivity contribution in [1.82, 2.24) is 10.6 Å². The Morgan fingerprint density at radius 1 is 1.12 bits per heavy atom. The van der Waals surface area contributed by atoms with Gasteiger partial charge in [-0.1, -0.05) is 48.0 Å². The summed E-state index contributed by atoms with van der Waals surface area (Å²) in [4.78, 5) is 34.0. The number of hydrogen-bond acceptors (Lipinski definition) is 10. The number of esters is 1. The van der Waals surface area contributed by atoms with Gasteiger partial charge in [0.1, 0.15) is 13.2 Å². The van der Waals surface area contributed by atoms with Crippen molar-refractivity contribution >= 4 is 16.7 Å². The topological polar surface area (TPSA) is 153 Å². The van der Waals surface area contributed by atoms with Crippen LogP contribution in [0, 0.1) is 17.0 Å². The van der Waals surface area contributed by atoms with Crippen molar-refractivity contribution < 1.29 is 34.9 Å². The minimum atomic E-state index is -0.874. The first-order chi connectivity index (χ1) is 15.3. The molecule has 11 heteroatoms. The quantitative estimate of drug-likeness (QED) is 0.203. The Balaban J connectivity index is 0.000000837. The van der Waals surface area contributed by atoms with Crippen LogP contribution in [0.25, 0.3) is 10.8 Å². The second-order valence-electron chi connectivity index (χ2n) is 6.74. The fourth-order valence-electron chi connectivity index (χ4n) is 2.87. The van der Waals surface area contributed by atoms with Gasteiger partial charge >= 0.3 is 5.97 Å². The molecule has 170 valence electrons. The van der Waals surface area contributed by atoms with Crippen LogP contribution in [0.2, 0.25) is 0 Å². The highest BCUT2D eigenvalue weighted by atomic mass is 17.2. The minimum Gasteiger partial charge on any atom is -0.459 e. The number of fused-ring (bicyclic) bond motifs is 1. The summed E-state index contributed by atoms with van der Waals surface area (Å²) in [5, 5.41) is 25.8. The fourth-order valence-corrected chi connectivity index (χ4v) is 2.87. The molecule has 0 bridgehead atoms. The maximum absolute atomic E-state index is 12.4. The van der Waals surface area contributed by atoms with Crippen molar-refractivity contribution in [2.45, 2.75) is 33.0 Å². The number of aryl methyl sites for hydroxylation is 1. The van der Waals surface area contributed by atoms with Crippen LogP contribution in [0.1, 0.15) is 35.4 Å². The van der Waals surface area contributed by atoms with E-state index in [9.17, 15) is 14.9 Å². The lowest BCUT2D eigenvalue weighted by Crippen LogP contribution is -2.14. The Morgan fingerprint density at radius 3 is 2.41 bits per heavy atom. The summed E-state index contributed by atoms with van der Waals surface area (Å²) in [5.74, 6) is -0.785. The van der Waals surface area contributed by atoms with E-state index in [2.05, 4.69) is 20.9 Å². The highest BCUT2D eigenvalue weighted by Crippen LogP contribution is 2.24. The number of nitrogens with one attached hydrogen (secondary N) is 1. The number of benzene rings is 2. The monoisotopic (exact) mass is 445 g/mol. The first-order valence-electron chi connectivity index (χ1n) is 9.42. The van der Waals surface area contributed by atoms with Crippen molar-refractivity contribution in [3.05, 3.63) is 87.2 Å². The van der Waals surface area contributed by atoms with Gasteiger partial charge in [0.2, 0.25) is 0 Å². The van der Waals surface area contributed by atoms with Gasteiger partial charge in [-0.15, -0.1) is 15.1 Å². The molecule has 3 aromatic rings. The summed E-state index contributed by atoms with van der Waals surface area (Å²) < 4.78 is 5.38. The van der Waals surface area contributed by atoms with Crippen LogP contribution in [0.4, 0.5) is 0 Å². The van der Waals surface area contributed by atoms with E-state index >= 15 is 0 Å². The maximum Gasteiger partial charge on any atom is 0.313 e. The van der Waals surface area contributed by atoms with E-state index in [-0.39, 0.29) is 19.2 Å². The lowest BCUT2D eigenvalue weighted by Gasteiger charge is -2.13. The predicted octanol–water partition coefficient (Wildman–Crippen LogP) is 3.47. The maximum atomic E-state index is 12.4. The third kappa shape index (κ3) is 7.56. The largest absolute Gasteiger partial charge is 0.459 e. The summed E-state index contributed by atoms with van der Waals surface area (Å²) >= 11 is 0. The van der Waals surface area contributed by atoms with Gasteiger partial charge in [-0.3, -0.25) is 15.0 Å². The molecule has 1 heterocycles. The average Bonchev–Trinajstić information content (AvgIpc) is 2.80. The first kappa shape index (κ1) is 24.6. The van der Waals surface area contributed by atoms with Crippen molar-refractivity contribution in [1.29, 1.82) is 0 Å². The van der Waals surface area contributed by atoms with Crippen LogP contribution < -0.4 is 5.64 Å². The zero-order chi connectivity index (χ0) is 23.5. The Labute approximate surface area is 183 Å². The Kier molecular flexibility index (Phi) is 9.44. The van der Waals surface area contributed by atoms with Crippen molar-refractivity contribution in [2.24, 2.45) is 0 Å². The van der Waals surface area contributed by atoms with E-state index in [1.165, 1.54) is 5.56 Å². The number of carbonyl (C=O) groups is 1. The smallest absolute Gasteiger partial charge is 0.313 e. The predicted molar refractivity (Wildman–Crippen MR) is 112 cm³/mol. The van der Waals surface area contributed by atoms with Crippen molar-refractivity contribution in [3.8, 4) is 0 Å². The van der Waals surface area contributed by atoms with E-state index in [1.807, 2.05) is 37.3 Å². The van der Waals surface area contributed by atoms with Gasteiger partial charge in [0, 0.05) is 0 Å². The Morgan fingerprint density at radius 2 is 1.75 bits per heavy atom. The Bertz CT molecular complexity index is 1060. The summed E-state index contributed by atoms with van der Waals surface area (Å²) in [6, 6.07) is 17.1. The molecule has 0 spiro atoms. The van der Waals surface area contributed by atoms with E-state index in [4.69, 9.17) is 15.2 Å². The second-order valence-corrected chi connectivity index (χ2v) is 6.74.